The molecular weight excluding hydrogens is 308 g/mol. The van der Waals surface area contributed by atoms with Crippen LogP contribution in [0.4, 0.5) is 11.4 Å². The summed E-state index contributed by atoms with van der Waals surface area (Å²) in [5.74, 6) is 0. The summed E-state index contributed by atoms with van der Waals surface area (Å²) in [6.07, 6.45) is 4.10. The Hall–Kier alpha value is -1.67. The molecule has 1 fully saturated rings. The van der Waals surface area contributed by atoms with Crippen LogP contribution in [0.3, 0.4) is 0 Å². The van der Waals surface area contributed by atoms with Gasteiger partial charge in [0, 0.05) is 19.8 Å². The zero-order valence-electron chi connectivity index (χ0n) is 12.7. The van der Waals surface area contributed by atoms with Crippen LogP contribution in [0.25, 0.3) is 0 Å². The zero-order valence-corrected chi connectivity index (χ0v) is 13.5. The lowest BCUT2D eigenvalue weighted by Gasteiger charge is -2.30. The van der Waals surface area contributed by atoms with E-state index in [1.54, 1.807) is 11.9 Å². The molecule has 1 aromatic carbocycles. The maximum absolute atomic E-state index is 11.8. The van der Waals surface area contributed by atoms with Gasteiger partial charge < -0.3 is 10.0 Å². The highest BCUT2D eigenvalue weighted by Crippen LogP contribution is 2.37. The second-order valence-corrected chi connectivity index (χ2v) is 7.92. The number of nitro benzene ring substituents is 1. The van der Waals surface area contributed by atoms with Crippen LogP contribution in [0.15, 0.2) is 23.1 Å². The van der Waals surface area contributed by atoms with E-state index in [0.29, 0.717) is 12.8 Å². The molecule has 7 nitrogen and oxygen atoms in total. The van der Waals surface area contributed by atoms with E-state index in [1.807, 2.05) is 0 Å². The third-order valence-electron chi connectivity index (χ3n) is 4.04. The van der Waals surface area contributed by atoms with E-state index in [-0.39, 0.29) is 17.1 Å². The molecule has 0 heterocycles. The number of sulfone groups is 1. The number of nitro groups is 1. The Labute approximate surface area is 129 Å². The molecule has 0 bridgehead atoms. The van der Waals surface area contributed by atoms with Gasteiger partial charge in [0.05, 0.1) is 10.5 Å². The fourth-order valence-electron chi connectivity index (χ4n) is 3.02. The van der Waals surface area contributed by atoms with Crippen LogP contribution in [-0.2, 0) is 9.84 Å². The van der Waals surface area contributed by atoms with Gasteiger partial charge in [-0.2, -0.15) is 0 Å². The van der Waals surface area contributed by atoms with Gasteiger partial charge in [0.2, 0.25) is 0 Å². The number of hydrogen-bond donors (Lipinski definition) is 1. The predicted molar refractivity (Wildman–Crippen MR) is 82.9 cm³/mol. The Bertz CT molecular complexity index is 680. The summed E-state index contributed by atoms with van der Waals surface area (Å²) in [6, 6.07) is 4.22. The van der Waals surface area contributed by atoms with Crippen molar-refractivity contribution in [3.63, 3.8) is 0 Å². The van der Waals surface area contributed by atoms with Crippen LogP contribution in [0.5, 0.6) is 0 Å². The van der Waals surface area contributed by atoms with Gasteiger partial charge in [-0.3, -0.25) is 10.1 Å². The number of rotatable bonds is 5. The highest BCUT2D eigenvalue weighted by Gasteiger charge is 2.35. The SMILES string of the molecule is CN(CC1(O)CCCC1)c1cccc(S(C)(=O)=O)c1[N+](=O)[O-]. The monoisotopic (exact) mass is 328 g/mol. The second kappa shape index (κ2) is 5.85. The summed E-state index contributed by atoms with van der Waals surface area (Å²) in [7, 11) is -2.08. The van der Waals surface area contributed by atoms with Crippen LogP contribution in [0.2, 0.25) is 0 Å². The molecule has 0 atom stereocenters. The molecule has 1 saturated carbocycles. The molecule has 0 amide bonds. The van der Waals surface area contributed by atoms with Crippen LogP contribution in [0.1, 0.15) is 25.7 Å². The molecule has 0 aliphatic heterocycles. The van der Waals surface area contributed by atoms with Gasteiger partial charge >= 0.3 is 5.69 Å². The topological polar surface area (TPSA) is 101 Å². The molecule has 0 spiro atoms. The van der Waals surface area contributed by atoms with Crippen molar-refractivity contribution < 1.29 is 18.4 Å². The quantitative estimate of drug-likeness (QED) is 0.652. The van der Waals surface area contributed by atoms with Gasteiger partial charge in [0.1, 0.15) is 10.6 Å². The van der Waals surface area contributed by atoms with Gasteiger partial charge in [0.25, 0.3) is 0 Å². The molecule has 22 heavy (non-hydrogen) atoms. The van der Waals surface area contributed by atoms with Crippen molar-refractivity contribution in [3.8, 4) is 0 Å². The molecule has 0 unspecified atom stereocenters. The third kappa shape index (κ3) is 3.38. The highest BCUT2D eigenvalue weighted by atomic mass is 32.2. The predicted octanol–water partition coefficient (Wildman–Crippen LogP) is 1.74. The van der Waals surface area contributed by atoms with Crippen LogP contribution < -0.4 is 4.90 Å². The first-order chi connectivity index (χ1) is 10.1. The minimum absolute atomic E-state index is 0.202. The number of hydrogen-bond acceptors (Lipinski definition) is 6. The molecule has 8 heteroatoms. The minimum atomic E-state index is -3.71. The molecule has 0 saturated heterocycles. The second-order valence-electron chi connectivity index (χ2n) is 5.94. The molecule has 1 aliphatic rings. The minimum Gasteiger partial charge on any atom is -0.388 e. The van der Waals surface area contributed by atoms with Crippen molar-refractivity contribution in [3.05, 3.63) is 28.3 Å². The van der Waals surface area contributed by atoms with Crippen LogP contribution in [-0.4, -0.2) is 43.9 Å². The summed E-state index contributed by atoms with van der Waals surface area (Å²) in [5.41, 5.74) is -1.11. The van der Waals surface area contributed by atoms with Crippen LogP contribution in [0, 0.1) is 10.1 Å². The normalized spacial score (nSPS) is 17.4. The first kappa shape index (κ1) is 16.7. The molecular formula is C14H20N2O5S. The number of aliphatic hydroxyl groups is 1. The highest BCUT2D eigenvalue weighted by molar-refractivity contribution is 7.90. The van der Waals surface area contributed by atoms with Gasteiger partial charge in [-0.25, -0.2) is 8.42 Å². The zero-order chi connectivity index (χ0) is 16.5. The lowest BCUT2D eigenvalue weighted by molar-refractivity contribution is -0.387. The molecule has 122 valence electrons. The Morgan fingerprint density at radius 1 is 1.36 bits per heavy atom. The van der Waals surface area contributed by atoms with E-state index in [9.17, 15) is 23.6 Å². The summed E-state index contributed by atoms with van der Waals surface area (Å²) < 4.78 is 23.5. The third-order valence-corrected chi connectivity index (χ3v) is 5.17. The molecule has 1 aliphatic carbocycles. The lowest BCUT2D eigenvalue weighted by atomic mass is 10.0. The van der Waals surface area contributed by atoms with Crippen molar-refractivity contribution in [2.24, 2.45) is 0 Å². The van der Waals surface area contributed by atoms with E-state index in [2.05, 4.69) is 0 Å². The number of likely N-dealkylation sites (N-methyl/N-ethyl adjacent to an activating group) is 1. The van der Waals surface area contributed by atoms with E-state index in [0.717, 1.165) is 19.1 Å². The van der Waals surface area contributed by atoms with Crippen molar-refractivity contribution in [1.29, 1.82) is 0 Å². The van der Waals surface area contributed by atoms with Crippen molar-refractivity contribution in [2.45, 2.75) is 36.2 Å². The van der Waals surface area contributed by atoms with Gasteiger partial charge in [0.15, 0.2) is 9.84 Å². The fraction of sp³-hybridized carbons (Fsp3) is 0.571. The number of anilines is 1. The lowest BCUT2D eigenvalue weighted by Crippen LogP contribution is -2.39. The Morgan fingerprint density at radius 2 is 1.95 bits per heavy atom. The van der Waals surface area contributed by atoms with Crippen LogP contribution >= 0.6 is 0 Å². The Balaban J connectivity index is 2.44. The summed E-state index contributed by atoms with van der Waals surface area (Å²) in [4.78, 5) is 11.9. The first-order valence-electron chi connectivity index (χ1n) is 7.05. The Kier molecular flexibility index (Phi) is 4.44. The van der Waals surface area contributed by atoms with Crippen molar-refractivity contribution in [2.75, 3.05) is 24.7 Å². The van der Waals surface area contributed by atoms with E-state index >= 15 is 0 Å². The van der Waals surface area contributed by atoms with Gasteiger partial charge in [-0.15, -0.1) is 0 Å². The number of nitrogens with zero attached hydrogens (tertiary/aromatic N) is 2. The maximum atomic E-state index is 11.8. The van der Waals surface area contributed by atoms with Crippen molar-refractivity contribution in [1.82, 2.24) is 0 Å². The van der Waals surface area contributed by atoms with Crippen molar-refractivity contribution >= 4 is 21.2 Å². The molecule has 1 aromatic rings. The summed E-state index contributed by atoms with van der Waals surface area (Å²) in [6.45, 7) is 0.237. The standard InChI is InChI=1S/C14H20N2O5S/c1-15(10-14(17)8-3-4-9-14)11-6-5-7-12(22(2,20)21)13(11)16(18)19/h5-7,17H,3-4,8-10H2,1-2H3. The molecule has 0 aromatic heterocycles. The average Bonchev–Trinajstić information content (AvgIpc) is 2.83. The summed E-state index contributed by atoms with van der Waals surface area (Å²) >= 11 is 0. The largest absolute Gasteiger partial charge is 0.388 e. The molecule has 2 rings (SSSR count). The smallest absolute Gasteiger partial charge is 0.311 e. The Morgan fingerprint density at radius 3 is 2.45 bits per heavy atom. The van der Waals surface area contributed by atoms with E-state index < -0.39 is 26.0 Å². The van der Waals surface area contributed by atoms with E-state index in [1.165, 1.54) is 18.2 Å². The average molecular weight is 328 g/mol. The maximum Gasteiger partial charge on any atom is 0.311 e. The first-order valence-corrected chi connectivity index (χ1v) is 8.94. The number of para-hydroxylation sites is 1. The number of benzene rings is 1. The molecule has 0 radical (unpaired) electrons. The van der Waals surface area contributed by atoms with Gasteiger partial charge in [-0.05, 0) is 25.0 Å². The van der Waals surface area contributed by atoms with Gasteiger partial charge in [-0.1, -0.05) is 18.9 Å². The fourth-order valence-corrected chi connectivity index (χ4v) is 3.88. The van der Waals surface area contributed by atoms with E-state index in [4.69, 9.17) is 0 Å². The molecule has 1 N–H and O–H groups in total. The summed E-state index contributed by atoms with van der Waals surface area (Å²) in [5, 5.41) is 21.8.